The van der Waals surface area contributed by atoms with E-state index in [0.717, 1.165) is 25.7 Å². The second kappa shape index (κ2) is 11.1. The number of ether oxygens (including phenoxy) is 1. The van der Waals surface area contributed by atoms with Crippen molar-refractivity contribution in [1.29, 1.82) is 0 Å². The molecule has 0 unspecified atom stereocenters. The van der Waals surface area contributed by atoms with E-state index in [2.05, 4.69) is 25.7 Å². The van der Waals surface area contributed by atoms with Crippen molar-refractivity contribution in [2.24, 2.45) is 17.8 Å². The van der Waals surface area contributed by atoms with Crippen molar-refractivity contribution >= 4 is 17.6 Å². The van der Waals surface area contributed by atoms with E-state index in [1.165, 1.54) is 7.11 Å². The molecule has 206 valence electrons. The molecular formula is C29H35FN6O3. The lowest BCUT2D eigenvalue weighted by molar-refractivity contribution is -0.119. The highest BCUT2D eigenvalue weighted by molar-refractivity contribution is 6.00. The highest BCUT2D eigenvalue weighted by Gasteiger charge is 2.48. The molecule has 2 fully saturated rings. The second-order valence-electron chi connectivity index (χ2n) is 10.7. The Morgan fingerprint density at radius 2 is 1.85 bits per heavy atom. The van der Waals surface area contributed by atoms with Gasteiger partial charge in [-0.05, 0) is 88.0 Å². The van der Waals surface area contributed by atoms with Crippen LogP contribution in [0.4, 0.5) is 10.2 Å². The van der Waals surface area contributed by atoms with Gasteiger partial charge in [0.1, 0.15) is 23.3 Å². The van der Waals surface area contributed by atoms with Crippen LogP contribution in [0.1, 0.15) is 68.7 Å². The van der Waals surface area contributed by atoms with Crippen LogP contribution in [-0.4, -0.2) is 44.7 Å². The van der Waals surface area contributed by atoms with Crippen LogP contribution in [0.25, 0.3) is 11.1 Å². The standard InChI is InChI=1S/C29H35FN6O3/c1-5-22-21(14-19(39-4)15-31-22)20-10-11-24(33-27(20)30)34-29(38)26(25(17-6-7-17)18-8-9-18)35-28(37)23-12-13-32-36(23)16(2)3/h10-18,25-26H,5-9H2,1-4H3,(H,35,37)(H,33,34,38)/t26-/m0/s1. The maximum absolute atomic E-state index is 15.3. The predicted molar refractivity (Wildman–Crippen MR) is 145 cm³/mol. The van der Waals surface area contributed by atoms with E-state index in [-0.39, 0.29) is 35.2 Å². The van der Waals surface area contributed by atoms with Crippen LogP contribution in [0.3, 0.4) is 0 Å². The van der Waals surface area contributed by atoms with Crippen LogP contribution < -0.4 is 15.4 Å². The number of anilines is 1. The van der Waals surface area contributed by atoms with Gasteiger partial charge in [0, 0.05) is 29.1 Å². The van der Waals surface area contributed by atoms with Crippen molar-refractivity contribution in [1.82, 2.24) is 25.1 Å². The first-order valence-electron chi connectivity index (χ1n) is 13.7. The zero-order valence-electron chi connectivity index (χ0n) is 22.8. The lowest BCUT2D eigenvalue weighted by Gasteiger charge is -2.27. The average Bonchev–Trinajstić information content (AvgIpc) is 3.87. The van der Waals surface area contributed by atoms with Crippen molar-refractivity contribution in [3.63, 3.8) is 0 Å². The van der Waals surface area contributed by atoms with Crippen molar-refractivity contribution in [3.8, 4) is 16.9 Å². The number of aromatic nitrogens is 4. The lowest BCUT2D eigenvalue weighted by atomic mass is 9.88. The molecule has 39 heavy (non-hydrogen) atoms. The van der Waals surface area contributed by atoms with Gasteiger partial charge in [0.05, 0.1) is 13.3 Å². The van der Waals surface area contributed by atoms with E-state index in [9.17, 15) is 9.59 Å². The summed E-state index contributed by atoms with van der Waals surface area (Å²) in [6, 6.07) is 5.78. The van der Waals surface area contributed by atoms with Gasteiger partial charge in [-0.2, -0.15) is 9.49 Å². The Kier molecular flexibility index (Phi) is 7.63. The van der Waals surface area contributed by atoms with E-state index >= 15 is 4.39 Å². The van der Waals surface area contributed by atoms with Crippen LogP contribution in [0, 0.1) is 23.7 Å². The smallest absolute Gasteiger partial charge is 0.270 e. The summed E-state index contributed by atoms with van der Waals surface area (Å²) in [5.41, 5.74) is 1.99. The van der Waals surface area contributed by atoms with Gasteiger partial charge in [-0.1, -0.05) is 6.92 Å². The number of amides is 2. The topological polar surface area (TPSA) is 111 Å². The number of methoxy groups -OCH3 is 1. The highest BCUT2D eigenvalue weighted by Crippen LogP contribution is 2.51. The van der Waals surface area contributed by atoms with Crippen LogP contribution in [-0.2, 0) is 11.2 Å². The predicted octanol–water partition coefficient (Wildman–Crippen LogP) is 4.80. The number of pyridine rings is 2. The molecule has 2 aliphatic carbocycles. The molecule has 0 bridgehead atoms. The first kappa shape index (κ1) is 26.8. The Morgan fingerprint density at radius 1 is 1.13 bits per heavy atom. The van der Waals surface area contributed by atoms with Gasteiger partial charge >= 0.3 is 0 Å². The first-order chi connectivity index (χ1) is 18.8. The van der Waals surface area contributed by atoms with Gasteiger partial charge in [0.25, 0.3) is 5.91 Å². The molecule has 0 spiro atoms. The molecule has 2 aliphatic rings. The number of carbonyl (C=O) groups excluding carboxylic acids is 2. The number of rotatable bonds is 11. The largest absolute Gasteiger partial charge is 0.495 e. The molecule has 1 atom stereocenters. The minimum absolute atomic E-state index is 0.00520. The van der Waals surface area contributed by atoms with E-state index in [1.807, 2.05) is 20.8 Å². The minimum atomic E-state index is -0.758. The number of aryl methyl sites for hydroxylation is 1. The van der Waals surface area contributed by atoms with Crippen molar-refractivity contribution < 1.29 is 18.7 Å². The number of carbonyl (C=O) groups is 2. The second-order valence-corrected chi connectivity index (χ2v) is 10.7. The summed E-state index contributed by atoms with van der Waals surface area (Å²) in [6.07, 6.45) is 7.96. The normalized spacial score (nSPS) is 15.9. The molecule has 9 nitrogen and oxygen atoms in total. The summed E-state index contributed by atoms with van der Waals surface area (Å²) in [5.74, 6) is -0.0373. The summed E-state index contributed by atoms with van der Waals surface area (Å²) in [4.78, 5) is 35.4. The molecular weight excluding hydrogens is 499 g/mol. The monoisotopic (exact) mass is 534 g/mol. The molecule has 10 heteroatoms. The summed E-state index contributed by atoms with van der Waals surface area (Å²) in [6.45, 7) is 5.83. The third-order valence-corrected chi connectivity index (χ3v) is 7.58. The van der Waals surface area contributed by atoms with Crippen LogP contribution >= 0.6 is 0 Å². The summed E-state index contributed by atoms with van der Waals surface area (Å²) >= 11 is 0. The molecule has 2 saturated carbocycles. The third kappa shape index (κ3) is 5.79. The first-order valence-corrected chi connectivity index (χ1v) is 13.7. The Balaban J connectivity index is 1.39. The van der Waals surface area contributed by atoms with Crippen molar-refractivity contribution in [3.05, 3.63) is 54.0 Å². The van der Waals surface area contributed by atoms with Crippen molar-refractivity contribution in [2.45, 2.75) is 65.0 Å². The van der Waals surface area contributed by atoms with Crippen LogP contribution in [0.5, 0.6) is 5.75 Å². The maximum atomic E-state index is 15.3. The molecule has 0 radical (unpaired) electrons. The third-order valence-electron chi connectivity index (χ3n) is 7.58. The Labute approximate surface area is 227 Å². The molecule has 0 aromatic carbocycles. The fourth-order valence-corrected chi connectivity index (χ4v) is 5.36. The van der Waals surface area contributed by atoms with Gasteiger partial charge in [0.15, 0.2) is 0 Å². The quantitative estimate of drug-likeness (QED) is 0.342. The summed E-state index contributed by atoms with van der Waals surface area (Å²) in [7, 11) is 1.53. The highest BCUT2D eigenvalue weighted by atomic mass is 19.1. The van der Waals surface area contributed by atoms with Gasteiger partial charge in [-0.15, -0.1) is 0 Å². The van der Waals surface area contributed by atoms with Gasteiger partial charge in [0.2, 0.25) is 11.9 Å². The van der Waals surface area contributed by atoms with Gasteiger partial charge in [-0.3, -0.25) is 19.3 Å². The molecule has 2 N–H and O–H groups in total. The van der Waals surface area contributed by atoms with Crippen LogP contribution in [0.15, 0.2) is 36.7 Å². The molecule has 3 aromatic heterocycles. The molecule has 0 saturated heterocycles. The summed E-state index contributed by atoms with van der Waals surface area (Å²) in [5, 5.41) is 10.0. The van der Waals surface area contributed by atoms with E-state index in [1.54, 1.807) is 41.3 Å². The maximum Gasteiger partial charge on any atom is 0.270 e. The lowest BCUT2D eigenvalue weighted by Crippen LogP contribution is -2.50. The Morgan fingerprint density at radius 3 is 2.44 bits per heavy atom. The Bertz CT molecular complexity index is 1350. The number of hydrogen-bond acceptors (Lipinski definition) is 6. The molecule has 2 amide bonds. The molecule has 0 aliphatic heterocycles. The zero-order chi connectivity index (χ0) is 27.7. The van der Waals surface area contributed by atoms with Crippen LogP contribution in [0.2, 0.25) is 0 Å². The Hall–Kier alpha value is -3.82. The number of halogens is 1. The number of nitrogens with zero attached hydrogens (tertiary/aromatic N) is 4. The SMILES string of the molecule is CCc1ncc(OC)cc1-c1ccc(NC(=O)[C@@H](NC(=O)c2ccnn2C(C)C)C(C2CC2)C2CC2)nc1F. The fourth-order valence-electron chi connectivity index (χ4n) is 5.36. The van der Waals surface area contributed by atoms with Gasteiger partial charge in [-0.25, -0.2) is 4.98 Å². The number of nitrogens with one attached hydrogen (secondary N) is 2. The van der Waals surface area contributed by atoms with E-state index < -0.39 is 12.0 Å². The van der Waals surface area contributed by atoms with E-state index in [0.29, 0.717) is 41.0 Å². The van der Waals surface area contributed by atoms with Crippen molar-refractivity contribution in [2.75, 3.05) is 12.4 Å². The number of hydrogen-bond donors (Lipinski definition) is 2. The molecule has 3 heterocycles. The zero-order valence-corrected chi connectivity index (χ0v) is 22.8. The minimum Gasteiger partial charge on any atom is -0.495 e. The average molecular weight is 535 g/mol. The molecule has 3 aromatic rings. The van der Waals surface area contributed by atoms with E-state index in [4.69, 9.17) is 4.74 Å². The van der Waals surface area contributed by atoms with Gasteiger partial charge < -0.3 is 15.4 Å². The molecule has 5 rings (SSSR count). The summed E-state index contributed by atoms with van der Waals surface area (Å²) < 4.78 is 22.2. The fraction of sp³-hybridized carbons (Fsp3) is 0.483.